The first-order valence-electron chi connectivity index (χ1n) is 8.14. The fourth-order valence-electron chi connectivity index (χ4n) is 2.39. The summed E-state index contributed by atoms with van der Waals surface area (Å²) >= 11 is 0. The molecule has 0 aliphatic heterocycles. The van der Waals surface area contributed by atoms with Gasteiger partial charge < -0.3 is 10.1 Å². The molecule has 0 atom stereocenters. The number of hydrogen-bond acceptors (Lipinski definition) is 7. The Bertz CT molecular complexity index is 986. The standard InChI is InChI=1S/C18H15N5O5/c24-17(21-15-3-1-2-4-16(15)23(26)27)10-28-18(25)14-7-5-13(6-8-14)9-22-12-19-11-20-22/h1-8,11-12H,9-10H2,(H,21,24). The van der Waals surface area contributed by atoms with Crippen LogP contribution in [-0.2, 0) is 16.1 Å². The zero-order valence-corrected chi connectivity index (χ0v) is 14.5. The number of nitro groups is 1. The number of aromatic nitrogens is 3. The molecule has 10 heteroatoms. The predicted molar refractivity (Wildman–Crippen MR) is 97.6 cm³/mol. The van der Waals surface area contributed by atoms with Crippen molar-refractivity contribution in [2.75, 3.05) is 11.9 Å². The van der Waals surface area contributed by atoms with Crippen LogP contribution in [0.25, 0.3) is 0 Å². The van der Waals surface area contributed by atoms with Crippen molar-refractivity contribution >= 4 is 23.3 Å². The maximum Gasteiger partial charge on any atom is 0.338 e. The Morgan fingerprint density at radius 1 is 1.14 bits per heavy atom. The maximum absolute atomic E-state index is 12.1. The Balaban J connectivity index is 1.53. The van der Waals surface area contributed by atoms with Gasteiger partial charge in [0.25, 0.3) is 11.6 Å². The second-order valence-electron chi connectivity index (χ2n) is 5.69. The highest BCUT2D eigenvalue weighted by atomic mass is 16.6. The quantitative estimate of drug-likeness (QED) is 0.376. The number of benzene rings is 2. The van der Waals surface area contributed by atoms with Gasteiger partial charge in [0, 0.05) is 6.07 Å². The predicted octanol–water partition coefficient (Wildman–Crippen LogP) is 2.03. The lowest BCUT2D eigenvalue weighted by Gasteiger charge is -2.07. The molecule has 1 amide bonds. The zero-order valence-electron chi connectivity index (χ0n) is 14.5. The maximum atomic E-state index is 12.1. The van der Waals surface area contributed by atoms with Crippen LogP contribution in [0.5, 0.6) is 0 Å². The minimum Gasteiger partial charge on any atom is -0.452 e. The number of nitrogens with one attached hydrogen (secondary N) is 1. The first kappa shape index (κ1) is 18.7. The van der Waals surface area contributed by atoms with Gasteiger partial charge in [0.1, 0.15) is 18.3 Å². The van der Waals surface area contributed by atoms with E-state index >= 15 is 0 Å². The number of nitro benzene ring substituents is 1. The average Bonchev–Trinajstić information content (AvgIpc) is 3.20. The van der Waals surface area contributed by atoms with Gasteiger partial charge in [-0.2, -0.15) is 5.10 Å². The molecule has 0 spiro atoms. The largest absolute Gasteiger partial charge is 0.452 e. The smallest absolute Gasteiger partial charge is 0.338 e. The van der Waals surface area contributed by atoms with Crippen LogP contribution in [0.1, 0.15) is 15.9 Å². The number of carbonyl (C=O) groups is 2. The number of anilines is 1. The lowest BCUT2D eigenvalue weighted by atomic mass is 10.1. The highest BCUT2D eigenvalue weighted by Gasteiger charge is 2.16. The van der Waals surface area contributed by atoms with Crippen LogP contribution >= 0.6 is 0 Å². The fraction of sp³-hybridized carbons (Fsp3) is 0.111. The van der Waals surface area contributed by atoms with Crippen LogP contribution in [0.4, 0.5) is 11.4 Å². The van der Waals surface area contributed by atoms with Gasteiger partial charge in [-0.1, -0.05) is 24.3 Å². The number of para-hydroxylation sites is 2. The highest BCUT2D eigenvalue weighted by Crippen LogP contribution is 2.22. The molecule has 0 unspecified atom stereocenters. The molecule has 28 heavy (non-hydrogen) atoms. The van der Waals surface area contributed by atoms with E-state index in [0.717, 1.165) is 5.56 Å². The number of ether oxygens (including phenoxy) is 1. The molecule has 2 aromatic carbocycles. The summed E-state index contributed by atoms with van der Waals surface area (Å²) in [5, 5.41) is 17.3. The zero-order chi connectivity index (χ0) is 19.9. The summed E-state index contributed by atoms with van der Waals surface area (Å²) in [4.78, 5) is 38.2. The van der Waals surface area contributed by atoms with Crippen molar-refractivity contribution in [2.24, 2.45) is 0 Å². The third-order valence-electron chi connectivity index (χ3n) is 3.71. The number of carbonyl (C=O) groups excluding carboxylic acids is 2. The molecule has 0 saturated carbocycles. The van der Waals surface area contributed by atoms with E-state index in [0.29, 0.717) is 6.54 Å². The Kier molecular flexibility index (Phi) is 5.70. The van der Waals surface area contributed by atoms with Crippen molar-refractivity contribution in [1.82, 2.24) is 14.8 Å². The normalized spacial score (nSPS) is 10.3. The van der Waals surface area contributed by atoms with Gasteiger partial charge in [0.05, 0.1) is 17.0 Å². The summed E-state index contributed by atoms with van der Waals surface area (Å²) in [6, 6.07) is 12.3. The molecule has 0 aliphatic rings. The van der Waals surface area contributed by atoms with E-state index in [4.69, 9.17) is 4.74 Å². The van der Waals surface area contributed by atoms with Crippen LogP contribution in [0.15, 0.2) is 61.2 Å². The van der Waals surface area contributed by atoms with E-state index in [1.54, 1.807) is 41.3 Å². The van der Waals surface area contributed by atoms with Gasteiger partial charge in [0.2, 0.25) is 0 Å². The Morgan fingerprint density at radius 2 is 1.89 bits per heavy atom. The summed E-state index contributed by atoms with van der Waals surface area (Å²) in [5.41, 5.74) is 0.980. The molecular formula is C18H15N5O5. The summed E-state index contributed by atoms with van der Waals surface area (Å²) in [6.45, 7) is -0.0564. The lowest BCUT2D eigenvalue weighted by molar-refractivity contribution is -0.383. The topological polar surface area (TPSA) is 129 Å². The highest BCUT2D eigenvalue weighted by molar-refractivity contribution is 5.96. The third-order valence-corrected chi connectivity index (χ3v) is 3.71. The number of hydrogen-bond donors (Lipinski definition) is 1. The molecule has 1 aromatic heterocycles. The number of amides is 1. The van der Waals surface area contributed by atoms with Crippen molar-refractivity contribution in [2.45, 2.75) is 6.54 Å². The first-order chi connectivity index (χ1) is 13.5. The van der Waals surface area contributed by atoms with Crippen LogP contribution in [-0.4, -0.2) is 38.2 Å². The van der Waals surface area contributed by atoms with Crippen molar-refractivity contribution in [3.63, 3.8) is 0 Å². The van der Waals surface area contributed by atoms with E-state index in [2.05, 4.69) is 15.4 Å². The number of esters is 1. The molecule has 1 heterocycles. The van der Waals surface area contributed by atoms with Crippen molar-refractivity contribution in [3.05, 3.63) is 82.4 Å². The third kappa shape index (κ3) is 4.75. The van der Waals surface area contributed by atoms with Crippen LogP contribution < -0.4 is 5.32 Å². The Labute approximate surface area is 158 Å². The minimum atomic E-state index is -0.676. The Hall–Kier alpha value is -4.08. The molecule has 0 aliphatic carbocycles. The van der Waals surface area contributed by atoms with E-state index in [1.807, 2.05) is 0 Å². The van der Waals surface area contributed by atoms with Gasteiger partial charge in [-0.3, -0.25) is 14.9 Å². The minimum absolute atomic E-state index is 0.0333. The second-order valence-corrected chi connectivity index (χ2v) is 5.69. The van der Waals surface area contributed by atoms with Crippen molar-refractivity contribution in [1.29, 1.82) is 0 Å². The van der Waals surface area contributed by atoms with E-state index in [-0.39, 0.29) is 16.9 Å². The van der Waals surface area contributed by atoms with Crippen LogP contribution in [0, 0.1) is 10.1 Å². The molecular weight excluding hydrogens is 366 g/mol. The van der Waals surface area contributed by atoms with Crippen molar-refractivity contribution < 1.29 is 19.2 Å². The molecule has 0 bridgehead atoms. The molecule has 0 saturated heterocycles. The molecule has 10 nitrogen and oxygen atoms in total. The van der Waals surface area contributed by atoms with Gasteiger partial charge in [-0.05, 0) is 23.8 Å². The molecule has 3 rings (SSSR count). The fourth-order valence-corrected chi connectivity index (χ4v) is 2.39. The molecule has 0 radical (unpaired) electrons. The Morgan fingerprint density at radius 3 is 2.57 bits per heavy atom. The monoisotopic (exact) mass is 381 g/mol. The summed E-state index contributed by atoms with van der Waals surface area (Å²) in [5.74, 6) is -1.35. The summed E-state index contributed by atoms with van der Waals surface area (Å²) < 4.78 is 6.60. The second kappa shape index (κ2) is 8.54. The van der Waals surface area contributed by atoms with Gasteiger partial charge in [0.15, 0.2) is 6.61 Å². The van der Waals surface area contributed by atoms with Gasteiger partial charge >= 0.3 is 5.97 Å². The van der Waals surface area contributed by atoms with Gasteiger partial charge in [-0.25, -0.2) is 14.5 Å². The SMILES string of the molecule is O=C(COC(=O)c1ccc(Cn2cncn2)cc1)Nc1ccccc1[N+](=O)[O-]. The van der Waals surface area contributed by atoms with Gasteiger partial charge in [-0.15, -0.1) is 0 Å². The van der Waals surface area contributed by atoms with Crippen LogP contribution in [0.3, 0.4) is 0 Å². The molecule has 1 N–H and O–H groups in total. The molecule has 3 aromatic rings. The van der Waals surface area contributed by atoms with Crippen molar-refractivity contribution in [3.8, 4) is 0 Å². The van der Waals surface area contributed by atoms with E-state index in [1.165, 1.54) is 24.5 Å². The average molecular weight is 381 g/mol. The summed E-state index contributed by atoms with van der Waals surface area (Å²) in [7, 11) is 0. The number of nitrogens with zero attached hydrogens (tertiary/aromatic N) is 4. The molecule has 0 fully saturated rings. The number of rotatable bonds is 7. The van der Waals surface area contributed by atoms with E-state index < -0.39 is 23.4 Å². The lowest BCUT2D eigenvalue weighted by Crippen LogP contribution is -2.21. The summed E-state index contributed by atoms with van der Waals surface area (Å²) in [6.07, 6.45) is 3.01. The van der Waals surface area contributed by atoms with Crippen LogP contribution in [0.2, 0.25) is 0 Å². The first-order valence-corrected chi connectivity index (χ1v) is 8.14. The molecule has 142 valence electrons. The van der Waals surface area contributed by atoms with E-state index in [9.17, 15) is 19.7 Å².